The van der Waals surface area contributed by atoms with Crippen molar-refractivity contribution in [2.75, 3.05) is 20.3 Å². The molecule has 20 heavy (non-hydrogen) atoms. The van der Waals surface area contributed by atoms with Gasteiger partial charge in [-0.2, -0.15) is 0 Å². The van der Waals surface area contributed by atoms with Crippen LogP contribution >= 0.6 is 0 Å². The van der Waals surface area contributed by atoms with Crippen LogP contribution < -0.4 is 10.1 Å². The van der Waals surface area contributed by atoms with Gasteiger partial charge in [-0.1, -0.05) is 0 Å². The molecule has 0 aliphatic heterocycles. The van der Waals surface area contributed by atoms with Crippen molar-refractivity contribution in [3.63, 3.8) is 0 Å². The Morgan fingerprint density at radius 1 is 1.35 bits per heavy atom. The first-order valence-electron chi connectivity index (χ1n) is 6.77. The molecule has 0 unspecified atom stereocenters. The molecule has 0 atom stereocenters. The lowest BCUT2D eigenvalue weighted by atomic mass is 10.0. The quantitative estimate of drug-likeness (QED) is 0.806. The average Bonchev–Trinajstić information content (AvgIpc) is 3.29. The maximum absolute atomic E-state index is 12.1. The lowest BCUT2D eigenvalue weighted by Crippen LogP contribution is -2.31. The fraction of sp³-hybridized carbons (Fsp3) is 0.467. The molecule has 1 aliphatic rings. The first kappa shape index (κ1) is 14.4. The molecule has 0 saturated heterocycles. The molecule has 1 fully saturated rings. The van der Waals surface area contributed by atoms with E-state index in [4.69, 9.17) is 9.47 Å². The van der Waals surface area contributed by atoms with E-state index in [1.54, 1.807) is 26.2 Å². The van der Waals surface area contributed by atoms with Crippen molar-refractivity contribution >= 4 is 11.9 Å². The molecule has 0 bridgehead atoms. The van der Waals surface area contributed by atoms with E-state index < -0.39 is 5.97 Å². The summed E-state index contributed by atoms with van der Waals surface area (Å²) in [6.45, 7) is 1.93. The van der Waals surface area contributed by atoms with Crippen LogP contribution in [0.4, 0.5) is 0 Å². The number of carbonyl (C=O) groups is 2. The van der Waals surface area contributed by atoms with Crippen LogP contribution in [0, 0.1) is 0 Å². The highest BCUT2D eigenvalue weighted by Crippen LogP contribution is 2.42. The zero-order valence-corrected chi connectivity index (χ0v) is 11.8. The number of hydrogen-bond donors (Lipinski definition) is 1. The van der Waals surface area contributed by atoms with Crippen LogP contribution in [0.25, 0.3) is 0 Å². The largest absolute Gasteiger partial charge is 0.497 e. The second-order valence-electron chi connectivity index (χ2n) is 4.72. The molecule has 1 N–H and O–H groups in total. The smallest absolute Gasteiger partial charge is 0.325 e. The van der Waals surface area contributed by atoms with Gasteiger partial charge in [0.15, 0.2) is 0 Å². The molecule has 1 aromatic rings. The van der Waals surface area contributed by atoms with Gasteiger partial charge in [0.05, 0.1) is 13.7 Å². The summed E-state index contributed by atoms with van der Waals surface area (Å²) in [5.74, 6) is 0.493. The minimum atomic E-state index is -0.428. The summed E-state index contributed by atoms with van der Waals surface area (Å²) in [6.07, 6.45) is 2.18. The first-order chi connectivity index (χ1) is 9.65. The number of benzene rings is 1. The molecule has 1 aliphatic carbocycles. The zero-order valence-electron chi connectivity index (χ0n) is 11.8. The van der Waals surface area contributed by atoms with Crippen molar-refractivity contribution < 1.29 is 19.1 Å². The summed E-state index contributed by atoms with van der Waals surface area (Å²) in [6, 6.07) is 5.40. The first-order valence-corrected chi connectivity index (χ1v) is 6.77. The van der Waals surface area contributed by atoms with E-state index in [9.17, 15) is 9.59 Å². The van der Waals surface area contributed by atoms with Crippen LogP contribution in [0.1, 0.15) is 41.6 Å². The molecular formula is C15H19NO4. The van der Waals surface area contributed by atoms with Gasteiger partial charge in [0.2, 0.25) is 0 Å². The molecule has 0 spiro atoms. The molecule has 0 radical (unpaired) electrons. The van der Waals surface area contributed by atoms with Gasteiger partial charge in [0, 0.05) is 5.56 Å². The van der Waals surface area contributed by atoms with Crippen LogP contribution in [0.2, 0.25) is 0 Å². The van der Waals surface area contributed by atoms with Gasteiger partial charge in [0.1, 0.15) is 12.3 Å². The summed E-state index contributed by atoms with van der Waals surface area (Å²) < 4.78 is 9.97. The molecule has 1 amide bonds. The standard InChI is InChI=1S/C15H19NO4/c1-3-20-14(17)9-16-15(18)12-7-6-11(19-2)8-13(12)10-4-5-10/h6-8,10H,3-5,9H2,1-2H3,(H,16,18). The second-order valence-corrected chi connectivity index (χ2v) is 4.72. The van der Waals surface area contributed by atoms with E-state index in [2.05, 4.69) is 5.32 Å². The summed E-state index contributed by atoms with van der Waals surface area (Å²) in [5, 5.41) is 2.59. The second kappa shape index (κ2) is 6.41. The van der Waals surface area contributed by atoms with Crippen LogP contribution in [-0.4, -0.2) is 32.1 Å². The Hall–Kier alpha value is -2.04. The normalized spacial score (nSPS) is 13.7. The molecular weight excluding hydrogens is 258 g/mol. The summed E-state index contributed by atoms with van der Waals surface area (Å²) >= 11 is 0. The SMILES string of the molecule is CCOC(=O)CNC(=O)c1ccc(OC)cc1C1CC1. The average molecular weight is 277 g/mol. The van der Waals surface area contributed by atoms with Gasteiger partial charge in [-0.05, 0) is 49.4 Å². The Balaban J connectivity index is 2.07. The molecule has 0 heterocycles. The van der Waals surface area contributed by atoms with Crippen LogP contribution in [0.15, 0.2) is 18.2 Å². The number of amides is 1. The number of hydrogen-bond acceptors (Lipinski definition) is 4. The Bertz CT molecular complexity index is 509. The number of rotatable bonds is 6. The van der Waals surface area contributed by atoms with Gasteiger partial charge in [-0.15, -0.1) is 0 Å². The molecule has 5 nitrogen and oxygen atoms in total. The predicted molar refractivity (Wildman–Crippen MR) is 73.9 cm³/mol. The number of methoxy groups -OCH3 is 1. The summed E-state index contributed by atoms with van der Waals surface area (Å²) in [7, 11) is 1.60. The highest BCUT2D eigenvalue weighted by molar-refractivity contribution is 5.97. The van der Waals surface area contributed by atoms with Gasteiger partial charge in [-0.3, -0.25) is 9.59 Å². The third-order valence-corrected chi connectivity index (χ3v) is 3.22. The van der Waals surface area contributed by atoms with Crippen molar-refractivity contribution in [1.82, 2.24) is 5.32 Å². The van der Waals surface area contributed by atoms with E-state index in [1.807, 2.05) is 6.07 Å². The maximum atomic E-state index is 12.1. The summed E-state index contributed by atoms with van der Waals surface area (Å²) in [4.78, 5) is 23.4. The van der Waals surface area contributed by atoms with E-state index in [0.717, 1.165) is 24.2 Å². The van der Waals surface area contributed by atoms with Crippen LogP contribution in [0.5, 0.6) is 5.75 Å². The Morgan fingerprint density at radius 3 is 2.70 bits per heavy atom. The lowest BCUT2D eigenvalue weighted by molar-refractivity contribution is -0.141. The van der Waals surface area contributed by atoms with Gasteiger partial charge in [0.25, 0.3) is 5.91 Å². The number of carbonyl (C=O) groups excluding carboxylic acids is 2. The highest BCUT2D eigenvalue weighted by Gasteiger charge is 2.28. The maximum Gasteiger partial charge on any atom is 0.325 e. The van der Waals surface area contributed by atoms with Gasteiger partial charge >= 0.3 is 5.97 Å². The third-order valence-electron chi connectivity index (χ3n) is 3.22. The van der Waals surface area contributed by atoms with Crippen molar-refractivity contribution in [1.29, 1.82) is 0 Å². The van der Waals surface area contributed by atoms with E-state index >= 15 is 0 Å². The van der Waals surface area contributed by atoms with Crippen molar-refractivity contribution in [3.8, 4) is 5.75 Å². The fourth-order valence-electron chi connectivity index (χ4n) is 2.07. The highest BCUT2D eigenvalue weighted by atomic mass is 16.5. The molecule has 2 rings (SSSR count). The van der Waals surface area contributed by atoms with Crippen LogP contribution in [-0.2, 0) is 9.53 Å². The van der Waals surface area contributed by atoms with Crippen molar-refractivity contribution in [2.45, 2.75) is 25.7 Å². The molecule has 0 aromatic heterocycles. The minimum Gasteiger partial charge on any atom is -0.497 e. The zero-order chi connectivity index (χ0) is 14.5. The van der Waals surface area contributed by atoms with Gasteiger partial charge in [-0.25, -0.2) is 0 Å². The van der Waals surface area contributed by atoms with Crippen molar-refractivity contribution in [2.24, 2.45) is 0 Å². The fourth-order valence-corrected chi connectivity index (χ4v) is 2.07. The molecule has 1 saturated carbocycles. The van der Waals surface area contributed by atoms with Crippen LogP contribution in [0.3, 0.4) is 0 Å². The minimum absolute atomic E-state index is 0.108. The van der Waals surface area contributed by atoms with Gasteiger partial charge < -0.3 is 14.8 Å². The topological polar surface area (TPSA) is 64.6 Å². The van der Waals surface area contributed by atoms with E-state index in [1.165, 1.54) is 0 Å². The molecule has 1 aromatic carbocycles. The Morgan fingerprint density at radius 2 is 2.10 bits per heavy atom. The molecule has 108 valence electrons. The van der Waals surface area contributed by atoms with E-state index in [0.29, 0.717) is 18.1 Å². The Kier molecular flexibility index (Phi) is 4.61. The summed E-state index contributed by atoms with van der Waals surface area (Å²) in [5.41, 5.74) is 1.60. The number of esters is 1. The predicted octanol–water partition coefficient (Wildman–Crippen LogP) is 1.87. The van der Waals surface area contributed by atoms with E-state index in [-0.39, 0.29) is 12.5 Å². The van der Waals surface area contributed by atoms with Crippen molar-refractivity contribution in [3.05, 3.63) is 29.3 Å². The third kappa shape index (κ3) is 3.50. The Labute approximate surface area is 118 Å². The lowest BCUT2D eigenvalue weighted by Gasteiger charge is -2.11. The number of nitrogens with one attached hydrogen (secondary N) is 1. The molecule has 5 heteroatoms. The number of ether oxygens (including phenoxy) is 2. The monoisotopic (exact) mass is 277 g/mol.